The van der Waals surface area contributed by atoms with Crippen molar-refractivity contribution in [2.24, 2.45) is 0 Å². The van der Waals surface area contributed by atoms with Crippen LogP contribution in [0.4, 0.5) is 27.6 Å². The minimum atomic E-state index is -5.11. The minimum Gasteiger partial charge on any atom is -0.258 e. The Morgan fingerprint density at radius 1 is 1.41 bits per heavy atom. The van der Waals surface area contributed by atoms with Crippen molar-refractivity contribution >= 4 is 28.3 Å². The lowest BCUT2D eigenvalue weighted by molar-refractivity contribution is -0.389. The fraction of sp³-hybridized carbons (Fsp3) is 0.286. The van der Waals surface area contributed by atoms with E-state index >= 15 is 0 Å². The molecule has 0 spiro atoms. The van der Waals surface area contributed by atoms with Gasteiger partial charge in [-0.1, -0.05) is 0 Å². The normalized spacial score (nSPS) is 11.9. The Bertz CT molecular complexity index is 462. The number of nitrogens with zero attached hydrogens (tertiary/aromatic N) is 2. The summed E-state index contributed by atoms with van der Waals surface area (Å²) in [5.74, 6) is 0. The monoisotopic (exact) mass is 368 g/mol. The number of alkyl halides is 5. The quantitative estimate of drug-likeness (QED) is 0.264. The van der Waals surface area contributed by atoms with Gasteiger partial charge in [0.05, 0.1) is 4.92 Å². The molecule has 4 nitrogen and oxygen atoms in total. The molecule has 0 aliphatic rings. The molecule has 0 fully saturated rings. The average molecular weight is 368 g/mol. The standard InChI is InChI=1S/C7H2F5IN2O2/c8-5(9)2-1-14-6(13)3(7(10,11)12)4(2)15(16)17/h1,5H. The molecule has 17 heavy (non-hydrogen) atoms. The van der Waals surface area contributed by atoms with Gasteiger partial charge in [-0.3, -0.25) is 10.1 Å². The summed E-state index contributed by atoms with van der Waals surface area (Å²) < 4.78 is 61.6. The molecular formula is C7H2F5IN2O2. The third-order valence-corrected chi connectivity index (χ3v) is 2.55. The Kier molecular flexibility index (Phi) is 3.84. The molecule has 10 heteroatoms. The van der Waals surface area contributed by atoms with Crippen LogP contribution in [-0.4, -0.2) is 9.91 Å². The Balaban J connectivity index is 3.67. The molecular weight excluding hydrogens is 366 g/mol. The van der Waals surface area contributed by atoms with Crippen LogP contribution in [0, 0.1) is 13.8 Å². The highest BCUT2D eigenvalue weighted by atomic mass is 127. The van der Waals surface area contributed by atoms with E-state index in [1.807, 2.05) is 0 Å². The number of rotatable bonds is 2. The van der Waals surface area contributed by atoms with Crippen LogP contribution >= 0.6 is 22.6 Å². The van der Waals surface area contributed by atoms with Crippen LogP contribution < -0.4 is 0 Å². The van der Waals surface area contributed by atoms with Crippen LogP contribution in [0.15, 0.2) is 6.20 Å². The molecule has 94 valence electrons. The van der Waals surface area contributed by atoms with Gasteiger partial charge in [0.15, 0.2) is 5.56 Å². The van der Waals surface area contributed by atoms with Gasteiger partial charge in [0, 0.05) is 6.20 Å². The first-order chi connectivity index (χ1) is 7.66. The highest BCUT2D eigenvalue weighted by Crippen LogP contribution is 2.42. The summed E-state index contributed by atoms with van der Waals surface area (Å²) in [5, 5.41) is 10.5. The molecule has 1 aromatic heterocycles. The van der Waals surface area contributed by atoms with Crippen molar-refractivity contribution in [1.29, 1.82) is 0 Å². The minimum absolute atomic E-state index is 0.375. The zero-order chi connectivity index (χ0) is 13.4. The smallest absolute Gasteiger partial charge is 0.258 e. The molecule has 0 radical (unpaired) electrons. The first kappa shape index (κ1) is 14.0. The lowest BCUT2D eigenvalue weighted by Crippen LogP contribution is -2.14. The highest BCUT2D eigenvalue weighted by Gasteiger charge is 2.44. The number of halogens is 6. The van der Waals surface area contributed by atoms with E-state index < -0.39 is 38.0 Å². The van der Waals surface area contributed by atoms with Gasteiger partial charge in [-0.05, 0) is 22.6 Å². The molecule has 0 atom stereocenters. The first-order valence-electron chi connectivity index (χ1n) is 3.84. The molecule has 0 aromatic carbocycles. The Hall–Kier alpha value is -1.07. The van der Waals surface area contributed by atoms with E-state index in [-0.39, 0.29) is 0 Å². The summed E-state index contributed by atoms with van der Waals surface area (Å²) in [4.78, 5) is 12.1. The molecule has 1 heterocycles. The first-order valence-corrected chi connectivity index (χ1v) is 4.92. The summed E-state index contributed by atoms with van der Waals surface area (Å²) in [7, 11) is 0. The van der Waals surface area contributed by atoms with E-state index in [0.29, 0.717) is 6.20 Å². The largest absolute Gasteiger partial charge is 0.425 e. The van der Waals surface area contributed by atoms with E-state index in [1.165, 1.54) is 0 Å². The molecule has 1 rings (SSSR count). The molecule has 0 unspecified atom stereocenters. The lowest BCUT2D eigenvalue weighted by Gasteiger charge is -2.11. The molecule has 0 bridgehead atoms. The van der Waals surface area contributed by atoms with Crippen LogP contribution in [0.25, 0.3) is 0 Å². The van der Waals surface area contributed by atoms with Crippen LogP contribution in [0.5, 0.6) is 0 Å². The van der Waals surface area contributed by atoms with E-state index in [0.717, 1.165) is 22.6 Å². The maximum Gasteiger partial charge on any atom is 0.425 e. The van der Waals surface area contributed by atoms with E-state index in [1.54, 1.807) is 0 Å². The van der Waals surface area contributed by atoms with Crippen LogP contribution in [0.3, 0.4) is 0 Å². The predicted octanol–water partition coefficient (Wildman–Crippen LogP) is 3.55. The number of nitro groups is 1. The Labute approximate surface area is 104 Å². The average Bonchev–Trinajstić information content (AvgIpc) is 2.14. The predicted molar refractivity (Wildman–Crippen MR) is 53.6 cm³/mol. The van der Waals surface area contributed by atoms with Crippen LogP contribution in [0.1, 0.15) is 17.6 Å². The van der Waals surface area contributed by atoms with Crippen molar-refractivity contribution < 1.29 is 26.9 Å². The van der Waals surface area contributed by atoms with Gasteiger partial charge in [-0.15, -0.1) is 0 Å². The fourth-order valence-corrected chi connectivity index (χ4v) is 1.80. The summed E-state index contributed by atoms with van der Waals surface area (Å²) in [5.41, 5.74) is -4.74. The van der Waals surface area contributed by atoms with Crippen molar-refractivity contribution in [3.8, 4) is 0 Å². The van der Waals surface area contributed by atoms with E-state index in [2.05, 4.69) is 4.98 Å². The molecule has 1 aromatic rings. The number of hydrogen-bond acceptors (Lipinski definition) is 3. The zero-order valence-electron chi connectivity index (χ0n) is 7.63. The van der Waals surface area contributed by atoms with Gasteiger partial charge in [-0.25, -0.2) is 13.8 Å². The maximum absolute atomic E-state index is 12.5. The second-order valence-corrected chi connectivity index (χ2v) is 3.81. The number of hydrogen-bond donors (Lipinski definition) is 0. The molecule has 0 aliphatic carbocycles. The van der Waals surface area contributed by atoms with Gasteiger partial charge >= 0.3 is 6.18 Å². The molecule has 0 N–H and O–H groups in total. The van der Waals surface area contributed by atoms with Gasteiger partial charge in [0.1, 0.15) is 9.26 Å². The lowest BCUT2D eigenvalue weighted by atomic mass is 10.1. The van der Waals surface area contributed by atoms with Crippen molar-refractivity contribution in [2.75, 3.05) is 0 Å². The third-order valence-electron chi connectivity index (χ3n) is 1.73. The summed E-state index contributed by atoms with van der Waals surface area (Å²) in [6, 6.07) is 0. The fourth-order valence-electron chi connectivity index (χ4n) is 1.10. The molecule has 0 saturated carbocycles. The van der Waals surface area contributed by atoms with E-state index in [4.69, 9.17) is 0 Å². The third kappa shape index (κ3) is 2.79. The maximum atomic E-state index is 12.5. The number of aromatic nitrogens is 1. The van der Waals surface area contributed by atoms with Crippen molar-refractivity contribution in [3.63, 3.8) is 0 Å². The van der Waals surface area contributed by atoms with Crippen molar-refractivity contribution in [1.82, 2.24) is 4.98 Å². The van der Waals surface area contributed by atoms with Crippen molar-refractivity contribution in [2.45, 2.75) is 12.6 Å². The van der Waals surface area contributed by atoms with Crippen molar-refractivity contribution in [3.05, 3.63) is 31.1 Å². The number of pyridine rings is 1. The second-order valence-electron chi connectivity index (χ2n) is 2.78. The van der Waals surface area contributed by atoms with Gasteiger partial charge in [-0.2, -0.15) is 13.2 Å². The Morgan fingerprint density at radius 2 is 1.94 bits per heavy atom. The van der Waals surface area contributed by atoms with Crippen LogP contribution in [-0.2, 0) is 6.18 Å². The topological polar surface area (TPSA) is 56.0 Å². The zero-order valence-corrected chi connectivity index (χ0v) is 9.79. The summed E-state index contributed by atoms with van der Waals surface area (Å²) in [6.07, 6.45) is -8.14. The molecule has 0 aliphatic heterocycles. The summed E-state index contributed by atoms with van der Waals surface area (Å²) >= 11 is 1.10. The van der Waals surface area contributed by atoms with E-state index in [9.17, 15) is 32.1 Å². The summed E-state index contributed by atoms with van der Waals surface area (Å²) in [6.45, 7) is 0. The Morgan fingerprint density at radius 3 is 2.29 bits per heavy atom. The highest BCUT2D eigenvalue weighted by molar-refractivity contribution is 14.1. The van der Waals surface area contributed by atoms with Gasteiger partial charge < -0.3 is 0 Å². The SMILES string of the molecule is O=[N+]([O-])c1c(C(F)F)cnc(I)c1C(F)(F)F. The molecule has 0 amide bonds. The molecule has 0 saturated heterocycles. The van der Waals surface area contributed by atoms with Gasteiger partial charge in [0.25, 0.3) is 12.1 Å². The second kappa shape index (κ2) is 4.66. The van der Waals surface area contributed by atoms with Crippen LogP contribution in [0.2, 0.25) is 0 Å². The van der Waals surface area contributed by atoms with Gasteiger partial charge in [0.2, 0.25) is 0 Å².